The Hall–Kier alpha value is -2.70. The quantitative estimate of drug-likeness (QED) is 0.503. The van der Waals surface area contributed by atoms with E-state index in [-0.39, 0.29) is 0 Å². The van der Waals surface area contributed by atoms with Gasteiger partial charge in [-0.3, -0.25) is 9.38 Å². The van der Waals surface area contributed by atoms with Gasteiger partial charge in [-0.15, -0.1) is 0 Å². The Bertz CT molecular complexity index is 1170. The maximum atomic E-state index is 6.42. The molecule has 0 amide bonds. The van der Waals surface area contributed by atoms with Crippen LogP contribution in [0.4, 0.5) is 0 Å². The second-order valence-electron chi connectivity index (χ2n) is 8.23. The van der Waals surface area contributed by atoms with Gasteiger partial charge >= 0.3 is 7.12 Å². The van der Waals surface area contributed by atoms with Gasteiger partial charge in [0.25, 0.3) is 0 Å². The zero-order valence-corrected chi connectivity index (χ0v) is 16.5. The van der Waals surface area contributed by atoms with E-state index in [1.165, 1.54) is 0 Å². The van der Waals surface area contributed by atoms with Crippen molar-refractivity contribution in [3.05, 3.63) is 60.8 Å². The molecule has 5 nitrogen and oxygen atoms in total. The SMILES string of the molecule is CC1(C)OB(c2c(-c3ccccn3)nc3ccc4ccccc4n23)OC1(C)C. The van der Waals surface area contributed by atoms with E-state index < -0.39 is 18.3 Å². The molecule has 1 aliphatic heterocycles. The van der Waals surface area contributed by atoms with E-state index in [9.17, 15) is 0 Å². The lowest BCUT2D eigenvalue weighted by atomic mass is 9.82. The van der Waals surface area contributed by atoms with E-state index in [0.717, 1.165) is 33.5 Å². The second-order valence-corrected chi connectivity index (χ2v) is 8.23. The Labute approximate surface area is 164 Å². The lowest BCUT2D eigenvalue weighted by Gasteiger charge is -2.32. The van der Waals surface area contributed by atoms with Crippen molar-refractivity contribution in [1.29, 1.82) is 0 Å². The molecule has 0 spiro atoms. The van der Waals surface area contributed by atoms with Crippen molar-refractivity contribution < 1.29 is 9.31 Å². The molecule has 4 aromatic rings. The first-order chi connectivity index (χ1) is 13.4. The van der Waals surface area contributed by atoms with Crippen LogP contribution < -0.4 is 5.59 Å². The Morgan fingerprint density at radius 2 is 1.57 bits per heavy atom. The maximum absolute atomic E-state index is 6.42. The molecule has 0 bridgehead atoms. The highest BCUT2D eigenvalue weighted by atomic mass is 16.7. The summed E-state index contributed by atoms with van der Waals surface area (Å²) < 4.78 is 15.0. The van der Waals surface area contributed by atoms with Gasteiger partial charge in [-0.2, -0.15) is 0 Å². The average Bonchev–Trinajstić information content (AvgIpc) is 3.17. The summed E-state index contributed by atoms with van der Waals surface area (Å²) in [5.74, 6) is 0. The standard InChI is InChI=1S/C22H22BN3O2/c1-21(2)22(3,4)28-23(27-21)20-19(16-10-7-8-14-24-16)25-18-13-12-15-9-5-6-11-17(15)26(18)20/h5-14H,1-4H3. The molecule has 140 valence electrons. The van der Waals surface area contributed by atoms with Crippen LogP contribution in [-0.2, 0) is 9.31 Å². The van der Waals surface area contributed by atoms with Crippen LogP contribution in [0.3, 0.4) is 0 Å². The van der Waals surface area contributed by atoms with Crippen molar-refractivity contribution in [3.63, 3.8) is 0 Å². The lowest BCUT2D eigenvalue weighted by Crippen LogP contribution is -2.41. The normalized spacial score (nSPS) is 18.2. The van der Waals surface area contributed by atoms with Gasteiger partial charge < -0.3 is 9.31 Å². The molecule has 1 aromatic carbocycles. The van der Waals surface area contributed by atoms with Crippen LogP contribution in [0, 0.1) is 0 Å². The molecule has 3 aromatic heterocycles. The van der Waals surface area contributed by atoms with Gasteiger partial charge in [0.05, 0.1) is 28.0 Å². The third-order valence-corrected chi connectivity index (χ3v) is 5.91. The summed E-state index contributed by atoms with van der Waals surface area (Å²) in [5.41, 5.74) is 3.52. The number of imidazole rings is 1. The molecule has 0 aliphatic carbocycles. The molecule has 0 N–H and O–H groups in total. The van der Waals surface area contributed by atoms with Crippen molar-refractivity contribution in [1.82, 2.24) is 14.4 Å². The zero-order chi connectivity index (χ0) is 19.5. The van der Waals surface area contributed by atoms with E-state index in [1.54, 1.807) is 6.20 Å². The molecule has 6 heteroatoms. The van der Waals surface area contributed by atoms with Gasteiger partial charge in [0, 0.05) is 6.20 Å². The van der Waals surface area contributed by atoms with E-state index in [1.807, 2.05) is 36.4 Å². The molecule has 0 radical (unpaired) electrons. The highest BCUT2D eigenvalue weighted by Crippen LogP contribution is 2.37. The maximum Gasteiger partial charge on any atom is 0.515 e. The van der Waals surface area contributed by atoms with Crippen molar-refractivity contribution in [2.24, 2.45) is 0 Å². The summed E-state index contributed by atoms with van der Waals surface area (Å²) in [6.45, 7) is 8.26. The number of aromatic nitrogens is 3. The Morgan fingerprint density at radius 1 is 0.857 bits per heavy atom. The molecule has 28 heavy (non-hydrogen) atoms. The molecule has 1 saturated heterocycles. The van der Waals surface area contributed by atoms with Crippen LogP contribution in [0.15, 0.2) is 60.8 Å². The van der Waals surface area contributed by atoms with Crippen LogP contribution in [0.1, 0.15) is 27.7 Å². The molecular formula is C22H22BN3O2. The van der Waals surface area contributed by atoms with Crippen molar-refractivity contribution >= 4 is 29.3 Å². The summed E-state index contributed by atoms with van der Waals surface area (Å²) in [6, 6.07) is 18.2. The fourth-order valence-electron chi connectivity index (χ4n) is 3.68. The Balaban J connectivity index is 1.84. The first kappa shape index (κ1) is 17.4. The average molecular weight is 371 g/mol. The predicted molar refractivity (Wildman–Crippen MR) is 112 cm³/mol. The minimum atomic E-state index is -0.539. The van der Waals surface area contributed by atoms with Crippen LogP contribution in [-0.4, -0.2) is 32.7 Å². The van der Waals surface area contributed by atoms with Crippen LogP contribution in [0.2, 0.25) is 0 Å². The van der Waals surface area contributed by atoms with Crippen LogP contribution in [0.5, 0.6) is 0 Å². The third-order valence-electron chi connectivity index (χ3n) is 5.91. The topological polar surface area (TPSA) is 48.7 Å². The van der Waals surface area contributed by atoms with Crippen molar-refractivity contribution in [2.45, 2.75) is 38.9 Å². The molecule has 1 fully saturated rings. The zero-order valence-electron chi connectivity index (χ0n) is 16.5. The number of rotatable bonds is 2. The first-order valence-corrected chi connectivity index (χ1v) is 9.54. The molecule has 0 atom stereocenters. The number of para-hydroxylation sites is 1. The van der Waals surface area contributed by atoms with Gasteiger partial charge in [-0.1, -0.05) is 24.3 Å². The summed E-state index contributed by atoms with van der Waals surface area (Å²) in [5, 5.41) is 1.14. The largest absolute Gasteiger partial charge is 0.515 e. The van der Waals surface area contributed by atoms with Gasteiger partial charge in [0.2, 0.25) is 0 Å². The van der Waals surface area contributed by atoms with E-state index >= 15 is 0 Å². The Kier molecular flexibility index (Phi) is 3.67. The van der Waals surface area contributed by atoms with Crippen molar-refractivity contribution in [2.75, 3.05) is 0 Å². The summed E-state index contributed by atoms with van der Waals surface area (Å²) in [4.78, 5) is 9.46. The van der Waals surface area contributed by atoms with Gasteiger partial charge in [-0.05, 0) is 63.4 Å². The number of benzene rings is 1. The summed E-state index contributed by atoms with van der Waals surface area (Å²) >= 11 is 0. The van der Waals surface area contributed by atoms with Crippen molar-refractivity contribution in [3.8, 4) is 11.4 Å². The fourth-order valence-corrected chi connectivity index (χ4v) is 3.68. The smallest absolute Gasteiger partial charge is 0.398 e. The van der Waals surface area contributed by atoms with Gasteiger partial charge in [-0.25, -0.2) is 4.98 Å². The van der Waals surface area contributed by atoms with E-state index in [0.29, 0.717) is 0 Å². The summed E-state index contributed by atoms with van der Waals surface area (Å²) in [7, 11) is -0.539. The molecule has 1 aliphatic rings. The minimum absolute atomic E-state index is 0.437. The highest BCUT2D eigenvalue weighted by Gasteiger charge is 2.53. The van der Waals surface area contributed by atoms with Crippen LogP contribution >= 0.6 is 0 Å². The molecule has 5 rings (SSSR count). The molecular weight excluding hydrogens is 349 g/mol. The van der Waals surface area contributed by atoms with Gasteiger partial charge in [0.1, 0.15) is 11.3 Å². The number of hydrogen-bond donors (Lipinski definition) is 0. The number of hydrogen-bond acceptors (Lipinski definition) is 4. The number of pyridine rings is 2. The van der Waals surface area contributed by atoms with E-state index in [2.05, 4.69) is 55.3 Å². The third kappa shape index (κ3) is 2.49. The van der Waals surface area contributed by atoms with Crippen LogP contribution in [0.25, 0.3) is 27.9 Å². The minimum Gasteiger partial charge on any atom is -0.398 e. The summed E-state index contributed by atoms with van der Waals surface area (Å²) in [6.07, 6.45) is 1.78. The second kappa shape index (κ2) is 5.90. The van der Waals surface area contributed by atoms with Gasteiger partial charge in [0.15, 0.2) is 0 Å². The molecule has 0 unspecified atom stereocenters. The fraction of sp³-hybridized carbons (Fsp3) is 0.273. The highest BCUT2D eigenvalue weighted by molar-refractivity contribution is 6.63. The molecule has 4 heterocycles. The Morgan fingerprint density at radius 3 is 2.29 bits per heavy atom. The first-order valence-electron chi connectivity index (χ1n) is 9.54. The predicted octanol–water partition coefficient (Wildman–Crippen LogP) is 3.85. The van der Waals surface area contributed by atoms with E-state index in [4.69, 9.17) is 14.3 Å². The monoisotopic (exact) mass is 371 g/mol. The number of nitrogens with zero attached hydrogens (tertiary/aromatic N) is 3. The molecule has 0 saturated carbocycles. The lowest BCUT2D eigenvalue weighted by molar-refractivity contribution is 0.00578. The number of fused-ring (bicyclic) bond motifs is 3.